The van der Waals surface area contributed by atoms with Crippen LogP contribution in [-0.2, 0) is 9.47 Å². The lowest BCUT2D eigenvalue weighted by Crippen LogP contribution is -2.26. The molecule has 1 aromatic heterocycles. The number of nitrogens with zero attached hydrogens (tertiary/aromatic N) is 3. The average Bonchev–Trinajstić information content (AvgIpc) is 2.55. The first-order valence-electron chi connectivity index (χ1n) is 7.39. The Balaban J connectivity index is 2.38. The fraction of sp³-hybridized carbons (Fsp3) is 0.333. The van der Waals surface area contributed by atoms with Crippen molar-refractivity contribution in [2.24, 2.45) is 0 Å². The lowest BCUT2D eigenvalue weighted by molar-refractivity contribution is -0.108. The lowest BCUT2D eigenvalue weighted by Gasteiger charge is -2.24. The van der Waals surface area contributed by atoms with Crippen molar-refractivity contribution in [3.63, 3.8) is 0 Å². The number of benzene rings is 1. The lowest BCUT2D eigenvalue weighted by atomic mass is 10.3. The van der Waals surface area contributed by atoms with Crippen LogP contribution in [-0.4, -0.2) is 30.1 Å². The van der Waals surface area contributed by atoms with Crippen LogP contribution >= 0.6 is 0 Å². The SMILES string of the molecule is CC#Cc1cc(C)nc(N(COC(C)OC)c2ccccc2)n1. The quantitative estimate of drug-likeness (QED) is 0.605. The minimum absolute atomic E-state index is 0.279. The number of aryl methyl sites for hydroxylation is 1. The van der Waals surface area contributed by atoms with Gasteiger partial charge in [-0.1, -0.05) is 24.1 Å². The van der Waals surface area contributed by atoms with Crippen LogP contribution in [0.15, 0.2) is 36.4 Å². The first-order valence-corrected chi connectivity index (χ1v) is 7.39. The van der Waals surface area contributed by atoms with Gasteiger partial charge < -0.3 is 9.47 Å². The first-order chi connectivity index (χ1) is 11.1. The third kappa shape index (κ3) is 4.78. The third-order valence-corrected chi connectivity index (χ3v) is 3.18. The number of ether oxygens (including phenoxy) is 2. The van der Waals surface area contributed by atoms with E-state index in [4.69, 9.17) is 9.47 Å². The molecular weight excluding hydrogens is 290 g/mol. The molecule has 0 saturated carbocycles. The van der Waals surface area contributed by atoms with Crippen LogP contribution in [0.25, 0.3) is 0 Å². The van der Waals surface area contributed by atoms with Crippen molar-refractivity contribution in [3.8, 4) is 11.8 Å². The number of aromatic nitrogens is 2. The Hall–Kier alpha value is -2.42. The molecule has 0 fully saturated rings. The molecule has 2 rings (SSSR count). The van der Waals surface area contributed by atoms with E-state index < -0.39 is 0 Å². The number of rotatable bonds is 6. The molecule has 1 aromatic carbocycles. The summed E-state index contributed by atoms with van der Waals surface area (Å²) in [5.41, 5.74) is 2.49. The van der Waals surface area contributed by atoms with Crippen LogP contribution in [0.3, 0.4) is 0 Å². The second-order valence-electron chi connectivity index (χ2n) is 4.93. The van der Waals surface area contributed by atoms with Crippen LogP contribution in [0.5, 0.6) is 0 Å². The fourth-order valence-electron chi connectivity index (χ4n) is 1.97. The van der Waals surface area contributed by atoms with Gasteiger partial charge in [0, 0.05) is 18.5 Å². The largest absolute Gasteiger partial charge is 0.356 e. The van der Waals surface area contributed by atoms with Crippen LogP contribution in [0, 0.1) is 18.8 Å². The van der Waals surface area contributed by atoms with Crippen molar-refractivity contribution in [1.82, 2.24) is 9.97 Å². The molecule has 1 atom stereocenters. The Labute approximate surface area is 137 Å². The van der Waals surface area contributed by atoms with Gasteiger partial charge >= 0.3 is 0 Å². The minimum atomic E-state index is -0.319. The summed E-state index contributed by atoms with van der Waals surface area (Å²) in [4.78, 5) is 10.9. The van der Waals surface area contributed by atoms with Gasteiger partial charge in [0.1, 0.15) is 12.4 Å². The molecule has 0 aliphatic rings. The molecule has 0 aliphatic carbocycles. The van der Waals surface area contributed by atoms with Gasteiger partial charge in [0.15, 0.2) is 6.29 Å². The molecule has 5 nitrogen and oxygen atoms in total. The number of hydrogen-bond donors (Lipinski definition) is 0. The molecule has 0 bridgehead atoms. The predicted octanol–water partition coefficient (Wildman–Crippen LogP) is 3.26. The van der Waals surface area contributed by atoms with E-state index in [1.165, 1.54) is 0 Å². The van der Waals surface area contributed by atoms with Gasteiger partial charge in [0.2, 0.25) is 5.95 Å². The van der Waals surface area contributed by atoms with Crippen molar-refractivity contribution < 1.29 is 9.47 Å². The topological polar surface area (TPSA) is 47.5 Å². The van der Waals surface area contributed by atoms with E-state index in [0.29, 0.717) is 11.6 Å². The molecule has 2 aromatic rings. The number of hydrogen-bond acceptors (Lipinski definition) is 5. The highest BCUT2D eigenvalue weighted by molar-refractivity contribution is 5.57. The Morgan fingerprint density at radius 3 is 2.61 bits per heavy atom. The second-order valence-corrected chi connectivity index (χ2v) is 4.93. The highest BCUT2D eigenvalue weighted by atomic mass is 16.7. The predicted molar refractivity (Wildman–Crippen MR) is 90.3 cm³/mol. The highest BCUT2D eigenvalue weighted by Crippen LogP contribution is 2.22. The van der Waals surface area contributed by atoms with Crippen LogP contribution in [0.4, 0.5) is 11.6 Å². The molecule has 120 valence electrons. The van der Waals surface area contributed by atoms with Gasteiger partial charge in [-0.3, -0.25) is 4.90 Å². The van der Waals surface area contributed by atoms with Gasteiger partial charge in [-0.05, 0) is 44.9 Å². The van der Waals surface area contributed by atoms with E-state index in [1.807, 2.05) is 55.1 Å². The van der Waals surface area contributed by atoms with Crippen molar-refractivity contribution in [2.75, 3.05) is 18.7 Å². The Morgan fingerprint density at radius 1 is 1.22 bits per heavy atom. The van der Waals surface area contributed by atoms with Crippen molar-refractivity contribution in [1.29, 1.82) is 0 Å². The molecular formula is C18H21N3O2. The van der Waals surface area contributed by atoms with E-state index in [0.717, 1.165) is 11.4 Å². The van der Waals surface area contributed by atoms with E-state index in [2.05, 4.69) is 21.8 Å². The van der Waals surface area contributed by atoms with Gasteiger partial charge in [-0.15, -0.1) is 0 Å². The summed E-state index contributed by atoms with van der Waals surface area (Å²) in [6, 6.07) is 11.7. The summed E-state index contributed by atoms with van der Waals surface area (Å²) in [6.07, 6.45) is -0.319. The molecule has 1 heterocycles. The molecule has 0 saturated heterocycles. The Kier molecular flexibility index (Phi) is 6.10. The maximum atomic E-state index is 5.69. The summed E-state index contributed by atoms with van der Waals surface area (Å²) < 4.78 is 10.8. The van der Waals surface area contributed by atoms with E-state index in [-0.39, 0.29) is 13.0 Å². The van der Waals surface area contributed by atoms with Gasteiger partial charge in [0.25, 0.3) is 0 Å². The van der Waals surface area contributed by atoms with E-state index >= 15 is 0 Å². The zero-order chi connectivity index (χ0) is 16.7. The summed E-state index contributed by atoms with van der Waals surface area (Å²) in [7, 11) is 1.61. The molecule has 0 radical (unpaired) electrons. The zero-order valence-electron chi connectivity index (χ0n) is 13.9. The van der Waals surface area contributed by atoms with Gasteiger partial charge in [-0.2, -0.15) is 0 Å². The van der Waals surface area contributed by atoms with Crippen LogP contribution in [0.1, 0.15) is 25.2 Å². The zero-order valence-corrected chi connectivity index (χ0v) is 13.9. The summed E-state index contributed by atoms with van der Waals surface area (Å²) in [5.74, 6) is 6.40. The molecule has 0 amide bonds. The van der Waals surface area contributed by atoms with Crippen molar-refractivity contribution in [3.05, 3.63) is 47.8 Å². The molecule has 0 spiro atoms. The maximum absolute atomic E-state index is 5.69. The van der Waals surface area contributed by atoms with E-state index in [9.17, 15) is 0 Å². The van der Waals surface area contributed by atoms with E-state index in [1.54, 1.807) is 14.0 Å². The first kappa shape index (κ1) is 16.9. The monoisotopic (exact) mass is 311 g/mol. The molecule has 5 heteroatoms. The fourth-order valence-corrected chi connectivity index (χ4v) is 1.97. The molecule has 23 heavy (non-hydrogen) atoms. The maximum Gasteiger partial charge on any atom is 0.233 e. The Bertz CT molecular complexity index is 692. The second kappa shape index (κ2) is 8.28. The number of anilines is 2. The summed E-state index contributed by atoms with van der Waals surface area (Å²) in [6.45, 7) is 5.83. The van der Waals surface area contributed by atoms with Gasteiger partial charge in [-0.25, -0.2) is 9.97 Å². The van der Waals surface area contributed by atoms with Gasteiger partial charge in [0.05, 0.1) is 0 Å². The summed E-state index contributed by atoms with van der Waals surface area (Å²) in [5, 5.41) is 0. The smallest absolute Gasteiger partial charge is 0.233 e. The number of para-hydroxylation sites is 1. The van der Waals surface area contributed by atoms with Crippen molar-refractivity contribution >= 4 is 11.6 Å². The Morgan fingerprint density at radius 2 is 1.96 bits per heavy atom. The molecule has 1 unspecified atom stereocenters. The van der Waals surface area contributed by atoms with Crippen molar-refractivity contribution in [2.45, 2.75) is 27.1 Å². The van der Waals surface area contributed by atoms with Crippen LogP contribution in [0.2, 0.25) is 0 Å². The normalized spacial score (nSPS) is 11.5. The number of methoxy groups -OCH3 is 1. The summed E-state index contributed by atoms with van der Waals surface area (Å²) >= 11 is 0. The molecule has 0 aliphatic heterocycles. The standard InChI is InChI=1S/C18H21N3O2/c1-5-9-16-12-14(2)19-18(20-16)21(13-23-15(3)22-4)17-10-7-6-8-11-17/h6-8,10-12,15H,13H2,1-4H3. The molecule has 0 N–H and O–H groups in total. The minimum Gasteiger partial charge on any atom is -0.356 e. The highest BCUT2D eigenvalue weighted by Gasteiger charge is 2.15. The average molecular weight is 311 g/mol. The van der Waals surface area contributed by atoms with Crippen LogP contribution < -0.4 is 4.90 Å². The third-order valence-electron chi connectivity index (χ3n) is 3.18.